The van der Waals surface area contributed by atoms with Gasteiger partial charge in [0.25, 0.3) is 0 Å². The minimum atomic E-state index is -0.00249. The molecular weight excluding hydrogens is 256 g/mol. The molecule has 0 aromatic rings. The summed E-state index contributed by atoms with van der Waals surface area (Å²) in [5.74, 6) is 1.36. The van der Waals surface area contributed by atoms with E-state index in [-0.39, 0.29) is 18.5 Å². The van der Waals surface area contributed by atoms with E-state index in [4.69, 9.17) is 4.74 Å². The molecule has 6 heteroatoms. The fraction of sp³-hybridized carbons (Fsp3) is 0.857. The molecule has 1 rings (SSSR count). The van der Waals surface area contributed by atoms with E-state index in [1.807, 2.05) is 0 Å². The van der Waals surface area contributed by atoms with Gasteiger partial charge in [0.05, 0.1) is 12.6 Å². The zero-order valence-corrected chi connectivity index (χ0v) is 13.1. The van der Waals surface area contributed by atoms with Gasteiger partial charge >= 0.3 is 0 Å². The number of guanidine groups is 1. The van der Waals surface area contributed by atoms with Crippen molar-refractivity contribution in [3.8, 4) is 0 Å². The van der Waals surface area contributed by atoms with Crippen LogP contribution in [0.25, 0.3) is 0 Å². The van der Waals surface area contributed by atoms with Crippen molar-refractivity contribution < 1.29 is 9.53 Å². The molecule has 0 aromatic heterocycles. The summed E-state index contributed by atoms with van der Waals surface area (Å²) in [6.45, 7) is 3.77. The van der Waals surface area contributed by atoms with Gasteiger partial charge in [-0.1, -0.05) is 6.92 Å². The number of likely N-dealkylation sites (N-methyl/N-ethyl adjacent to an activating group) is 1. The quantitative estimate of drug-likeness (QED) is 0.501. The maximum Gasteiger partial charge on any atom is 0.243 e. The van der Waals surface area contributed by atoms with Gasteiger partial charge in [-0.05, 0) is 25.2 Å². The van der Waals surface area contributed by atoms with E-state index in [0.29, 0.717) is 18.5 Å². The molecule has 0 aromatic carbocycles. The average Bonchev–Trinajstić information content (AvgIpc) is 3.24. The van der Waals surface area contributed by atoms with Crippen molar-refractivity contribution in [3.63, 3.8) is 0 Å². The lowest BCUT2D eigenvalue weighted by Gasteiger charge is -2.21. The molecule has 2 N–H and O–H groups in total. The van der Waals surface area contributed by atoms with Gasteiger partial charge < -0.3 is 20.3 Å². The second-order valence-electron chi connectivity index (χ2n) is 5.42. The number of aliphatic imine (C=N–C) groups is 1. The Hall–Kier alpha value is -1.30. The smallest absolute Gasteiger partial charge is 0.243 e. The summed E-state index contributed by atoms with van der Waals surface area (Å²) in [7, 11) is 5.19. The highest BCUT2D eigenvalue weighted by atomic mass is 16.5. The lowest BCUT2D eigenvalue weighted by molar-refractivity contribution is -0.127. The van der Waals surface area contributed by atoms with E-state index in [0.717, 1.165) is 13.0 Å². The van der Waals surface area contributed by atoms with Gasteiger partial charge in [-0.15, -0.1) is 0 Å². The van der Waals surface area contributed by atoms with E-state index < -0.39 is 0 Å². The van der Waals surface area contributed by atoms with Crippen molar-refractivity contribution in [1.82, 2.24) is 15.5 Å². The molecule has 116 valence electrons. The molecule has 0 saturated heterocycles. The maximum absolute atomic E-state index is 11.6. The summed E-state index contributed by atoms with van der Waals surface area (Å²) in [4.78, 5) is 17.5. The van der Waals surface area contributed by atoms with Gasteiger partial charge in [0.2, 0.25) is 5.91 Å². The van der Waals surface area contributed by atoms with Crippen LogP contribution in [0.4, 0.5) is 0 Å². The van der Waals surface area contributed by atoms with E-state index in [9.17, 15) is 4.79 Å². The van der Waals surface area contributed by atoms with Crippen LogP contribution in [0.2, 0.25) is 0 Å². The normalized spacial score (nSPS) is 16.7. The minimum Gasteiger partial charge on any atom is -0.383 e. The Bertz CT molecular complexity index is 327. The van der Waals surface area contributed by atoms with Gasteiger partial charge in [0.15, 0.2) is 5.96 Å². The molecule has 0 radical (unpaired) electrons. The standard InChI is InChI=1S/C14H28N4O2/c1-5-8-15-14(16-9-13(19)18(2)3)17-12(10-20-4)11-6-7-11/h11-12H,5-10H2,1-4H3,(H2,15,16,17). The van der Waals surface area contributed by atoms with Crippen LogP contribution in [-0.2, 0) is 9.53 Å². The van der Waals surface area contributed by atoms with Gasteiger partial charge in [-0.2, -0.15) is 0 Å². The van der Waals surface area contributed by atoms with Crippen molar-refractivity contribution in [3.05, 3.63) is 0 Å². The number of rotatable bonds is 8. The van der Waals surface area contributed by atoms with Gasteiger partial charge in [0, 0.05) is 27.7 Å². The molecule has 0 heterocycles. The second-order valence-corrected chi connectivity index (χ2v) is 5.42. The molecule has 1 saturated carbocycles. The lowest BCUT2D eigenvalue weighted by Crippen LogP contribution is -2.47. The molecule has 0 aliphatic heterocycles. The van der Waals surface area contributed by atoms with Crippen LogP contribution in [0.3, 0.4) is 0 Å². The monoisotopic (exact) mass is 284 g/mol. The fourth-order valence-corrected chi connectivity index (χ4v) is 1.83. The van der Waals surface area contributed by atoms with Crippen molar-refractivity contribution in [2.75, 3.05) is 40.9 Å². The second kappa shape index (κ2) is 8.79. The van der Waals surface area contributed by atoms with Crippen LogP contribution in [0.15, 0.2) is 4.99 Å². The highest BCUT2D eigenvalue weighted by molar-refractivity contribution is 5.84. The Labute approximate surface area is 122 Å². The first-order valence-corrected chi connectivity index (χ1v) is 7.32. The Balaban J connectivity index is 2.56. The highest BCUT2D eigenvalue weighted by Crippen LogP contribution is 2.32. The molecule has 0 spiro atoms. The summed E-state index contributed by atoms with van der Waals surface area (Å²) in [6, 6.07) is 0.276. The lowest BCUT2D eigenvalue weighted by atomic mass is 10.2. The van der Waals surface area contributed by atoms with Crippen LogP contribution in [-0.4, -0.2) is 63.7 Å². The van der Waals surface area contributed by atoms with E-state index in [1.54, 1.807) is 26.1 Å². The van der Waals surface area contributed by atoms with Crippen molar-refractivity contribution in [2.24, 2.45) is 10.9 Å². The summed E-state index contributed by atoms with van der Waals surface area (Å²) < 4.78 is 5.25. The molecule has 1 amide bonds. The van der Waals surface area contributed by atoms with Gasteiger partial charge in [-0.25, -0.2) is 4.99 Å². The zero-order chi connectivity index (χ0) is 15.0. The van der Waals surface area contributed by atoms with Gasteiger partial charge in [0.1, 0.15) is 6.54 Å². The Morgan fingerprint density at radius 1 is 1.45 bits per heavy atom. The zero-order valence-electron chi connectivity index (χ0n) is 13.1. The van der Waals surface area contributed by atoms with Crippen LogP contribution in [0, 0.1) is 5.92 Å². The summed E-state index contributed by atoms with van der Waals surface area (Å²) in [5, 5.41) is 6.64. The molecule has 1 aliphatic rings. The summed E-state index contributed by atoms with van der Waals surface area (Å²) in [5.41, 5.74) is 0. The Kier molecular flexibility index (Phi) is 7.36. The fourth-order valence-electron chi connectivity index (χ4n) is 1.83. The van der Waals surface area contributed by atoms with E-state index in [2.05, 4.69) is 22.5 Å². The van der Waals surface area contributed by atoms with Crippen molar-refractivity contribution >= 4 is 11.9 Å². The predicted molar refractivity (Wildman–Crippen MR) is 80.8 cm³/mol. The van der Waals surface area contributed by atoms with Crippen LogP contribution in [0.1, 0.15) is 26.2 Å². The third-order valence-electron chi connectivity index (χ3n) is 3.27. The molecular formula is C14H28N4O2. The Morgan fingerprint density at radius 3 is 2.65 bits per heavy atom. The first kappa shape index (κ1) is 16.8. The third kappa shape index (κ3) is 6.23. The van der Waals surface area contributed by atoms with Crippen LogP contribution >= 0.6 is 0 Å². The molecule has 1 atom stereocenters. The molecule has 6 nitrogen and oxygen atoms in total. The topological polar surface area (TPSA) is 66.0 Å². The number of carbonyl (C=O) groups is 1. The van der Waals surface area contributed by atoms with Gasteiger partial charge in [-0.3, -0.25) is 4.79 Å². The van der Waals surface area contributed by atoms with Crippen molar-refractivity contribution in [2.45, 2.75) is 32.2 Å². The van der Waals surface area contributed by atoms with Crippen molar-refractivity contribution in [1.29, 1.82) is 0 Å². The third-order valence-corrected chi connectivity index (χ3v) is 3.27. The molecule has 0 bridgehead atoms. The molecule has 20 heavy (non-hydrogen) atoms. The number of amides is 1. The largest absolute Gasteiger partial charge is 0.383 e. The Morgan fingerprint density at radius 2 is 2.15 bits per heavy atom. The minimum absolute atomic E-state index is 0.00249. The number of methoxy groups -OCH3 is 1. The van der Waals surface area contributed by atoms with Crippen LogP contribution < -0.4 is 10.6 Å². The van der Waals surface area contributed by atoms with Crippen LogP contribution in [0.5, 0.6) is 0 Å². The maximum atomic E-state index is 11.6. The SMILES string of the molecule is CCCNC(=NCC(=O)N(C)C)NC(COC)C1CC1. The van der Waals surface area contributed by atoms with E-state index >= 15 is 0 Å². The number of nitrogens with one attached hydrogen (secondary N) is 2. The number of hydrogen-bond donors (Lipinski definition) is 2. The average molecular weight is 284 g/mol. The summed E-state index contributed by atoms with van der Waals surface area (Å²) in [6.07, 6.45) is 3.48. The number of ether oxygens (including phenoxy) is 1. The summed E-state index contributed by atoms with van der Waals surface area (Å²) >= 11 is 0. The highest BCUT2D eigenvalue weighted by Gasteiger charge is 2.31. The predicted octanol–water partition coefficient (Wildman–Crippen LogP) is 0.445. The first-order valence-electron chi connectivity index (χ1n) is 7.32. The number of nitrogens with zero attached hydrogens (tertiary/aromatic N) is 2. The number of carbonyl (C=O) groups excluding carboxylic acids is 1. The first-order chi connectivity index (χ1) is 9.58. The van der Waals surface area contributed by atoms with E-state index in [1.165, 1.54) is 12.8 Å². The molecule has 1 aliphatic carbocycles. The molecule has 1 fully saturated rings. The molecule has 1 unspecified atom stereocenters. The number of hydrogen-bond acceptors (Lipinski definition) is 3.